The summed E-state index contributed by atoms with van der Waals surface area (Å²) >= 11 is 0. The van der Waals surface area contributed by atoms with Crippen molar-refractivity contribution in [3.63, 3.8) is 0 Å². The van der Waals surface area contributed by atoms with Gasteiger partial charge in [-0.25, -0.2) is 4.79 Å². The first-order valence-corrected chi connectivity index (χ1v) is 5.33. The zero-order chi connectivity index (χ0) is 13.3. The number of ether oxygens (including phenoxy) is 2. The Morgan fingerprint density at radius 2 is 1.94 bits per heavy atom. The number of ketones is 1. The monoisotopic (exact) mass is 248 g/mol. The first-order valence-electron chi connectivity index (χ1n) is 5.33. The van der Waals surface area contributed by atoms with Gasteiger partial charge in [0.2, 0.25) is 5.76 Å². The van der Waals surface area contributed by atoms with Crippen molar-refractivity contribution < 1.29 is 24.2 Å². The summed E-state index contributed by atoms with van der Waals surface area (Å²) in [4.78, 5) is 22.7. The lowest BCUT2D eigenvalue weighted by Crippen LogP contribution is -2.07. The van der Waals surface area contributed by atoms with Crippen LogP contribution >= 0.6 is 0 Å². The van der Waals surface area contributed by atoms with Gasteiger partial charge in [0, 0.05) is 0 Å². The molecule has 5 nitrogen and oxygen atoms in total. The first kappa shape index (κ1) is 12.2. The summed E-state index contributed by atoms with van der Waals surface area (Å²) in [6.45, 7) is 1.28. The van der Waals surface area contributed by atoms with Crippen molar-refractivity contribution >= 4 is 11.8 Å². The van der Waals surface area contributed by atoms with Gasteiger partial charge in [-0.15, -0.1) is 0 Å². The van der Waals surface area contributed by atoms with Crippen LogP contribution in [0.25, 0.3) is 0 Å². The first-order chi connectivity index (χ1) is 8.54. The van der Waals surface area contributed by atoms with Crippen LogP contribution in [0.2, 0.25) is 0 Å². The topological polar surface area (TPSA) is 72.8 Å². The lowest BCUT2D eigenvalue weighted by molar-refractivity contribution is -0.142. The highest BCUT2D eigenvalue weighted by atomic mass is 16.6. The molecule has 1 aromatic carbocycles. The summed E-state index contributed by atoms with van der Waals surface area (Å²) < 4.78 is 9.99. The molecule has 5 heteroatoms. The van der Waals surface area contributed by atoms with Gasteiger partial charge in [0.05, 0.1) is 12.7 Å². The average Bonchev–Trinajstić information content (AvgIpc) is 2.66. The Labute approximate surface area is 104 Å². The average molecular weight is 248 g/mol. The van der Waals surface area contributed by atoms with Gasteiger partial charge >= 0.3 is 5.97 Å². The standard InChI is InChI=1S/C13H12O5/c1-7(14)10-11(15)13(16)18-12(10)8-3-5-9(17-2)6-4-8/h3-6,12,15H,1-2H3. The van der Waals surface area contributed by atoms with Gasteiger partial charge in [-0.1, -0.05) is 12.1 Å². The molecule has 1 aromatic rings. The minimum absolute atomic E-state index is 0.00910. The Balaban J connectivity index is 2.39. The number of cyclic esters (lactones) is 1. The molecule has 1 atom stereocenters. The van der Waals surface area contributed by atoms with E-state index in [1.807, 2.05) is 0 Å². The summed E-state index contributed by atoms with van der Waals surface area (Å²) in [5.74, 6) is -1.22. The van der Waals surface area contributed by atoms with E-state index in [4.69, 9.17) is 9.47 Å². The number of benzene rings is 1. The summed E-state index contributed by atoms with van der Waals surface area (Å²) in [6.07, 6.45) is -0.846. The largest absolute Gasteiger partial charge is 0.501 e. The molecule has 1 N–H and O–H groups in total. The third-order valence-electron chi connectivity index (χ3n) is 2.73. The highest BCUT2D eigenvalue weighted by Gasteiger charge is 2.37. The summed E-state index contributed by atoms with van der Waals surface area (Å²) in [5.41, 5.74) is 0.601. The smallest absolute Gasteiger partial charge is 0.374 e. The lowest BCUT2D eigenvalue weighted by atomic mass is 9.99. The number of aliphatic hydroxyl groups is 1. The molecule has 18 heavy (non-hydrogen) atoms. The van der Waals surface area contributed by atoms with E-state index in [2.05, 4.69) is 0 Å². The fourth-order valence-electron chi connectivity index (χ4n) is 1.82. The number of carbonyl (C=O) groups excluding carboxylic acids is 2. The molecule has 94 valence electrons. The molecule has 0 spiro atoms. The molecule has 0 amide bonds. The van der Waals surface area contributed by atoms with Crippen LogP contribution < -0.4 is 4.74 Å². The van der Waals surface area contributed by atoms with Crippen LogP contribution in [-0.4, -0.2) is 24.0 Å². The zero-order valence-corrected chi connectivity index (χ0v) is 9.97. The van der Waals surface area contributed by atoms with E-state index >= 15 is 0 Å². The van der Waals surface area contributed by atoms with Gasteiger partial charge in [-0.2, -0.15) is 0 Å². The highest BCUT2D eigenvalue weighted by molar-refractivity contribution is 6.05. The van der Waals surface area contributed by atoms with Gasteiger partial charge in [0.1, 0.15) is 5.75 Å². The Morgan fingerprint density at radius 1 is 1.33 bits per heavy atom. The second-order valence-electron chi connectivity index (χ2n) is 3.88. The van der Waals surface area contributed by atoms with Crippen LogP contribution in [0.3, 0.4) is 0 Å². The number of hydrogen-bond donors (Lipinski definition) is 1. The molecule has 0 saturated heterocycles. The van der Waals surface area contributed by atoms with Crippen molar-refractivity contribution in [2.24, 2.45) is 0 Å². The predicted octanol–water partition coefficient (Wildman–Crippen LogP) is 1.69. The third-order valence-corrected chi connectivity index (χ3v) is 2.73. The van der Waals surface area contributed by atoms with Crippen molar-refractivity contribution in [2.75, 3.05) is 7.11 Å². The molecular formula is C13H12O5. The Kier molecular flexibility index (Phi) is 3.06. The molecule has 0 fully saturated rings. The normalized spacial score (nSPS) is 18.8. The molecule has 0 saturated carbocycles. The zero-order valence-electron chi connectivity index (χ0n) is 9.97. The van der Waals surface area contributed by atoms with Gasteiger partial charge in [0.15, 0.2) is 11.9 Å². The van der Waals surface area contributed by atoms with Gasteiger partial charge < -0.3 is 14.6 Å². The minimum Gasteiger partial charge on any atom is -0.501 e. The van der Waals surface area contributed by atoms with Gasteiger partial charge in [-0.05, 0) is 24.6 Å². The van der Waals surface area contributed by atoms with Gasteiger partial charge in [-0.3, -0.25) is 4.79 Å². The molecule has 2 rings (SSSR count). The molecule has 1 unspecified atom stereocenters. The van der Waals surface area contributed by atoms with Crippen molar-refractivity contribution in [2.45, 2.75) is 13.0 Å². The van der Waals surface area contributed by atoms with E-state index in [-0.39, 0.29) is 11.4 Å². The van der Waals surface area contributed by atoms with Crippen LogP contribution in [0.5, 0.6) is 5.75 Å². The molecule has 1 aliphatic rings. The van der Waals surface area contributed by atoms with Crippen LogP contribution in [0, 0.1) is 0 Å². The van der Waals surface area contributed by atoms with Crippen LogP contribution in [0.1, 0.15) is 18.6 Å². The molecule has 0 bridgehead atoms. The minimum atomic E-state index is -0.874. The number of carbonyl (C=O) groups is 2. The third kappa shape index (κ3) is 1.95. The van der Waals surface area contributed by atoms with Crippen molar-refractivity contribution in [1.29, 1.82) is 0 Å². The second-order valence-corrected chi connectivity index (χ2v) is 3.88. The van der Waals surface area contributed by atoms with Gasteiger partial charge in [0.25, 0.3) is 0 Å². The number of methoxy groups -OCH3 is 1. The molecule has 1 heterocycles. The number of aliphatic hydroxyl groups excluding tert-OH is 1. The van der Waals surface area contributed by atoms with Crippen LogP contribution in [-0.2, 0) is 14.3 Å². The van der Waals surface area contributed by atoms with E-state index < -0.39 is 17.8 Å². The maximum Gasteiger partial charge on any atom is 0.374 e. The summed E-state index contributed by atoms with van der Waals surface area (Å²) in [7, 11) is 1.54. The maximum absolute atomic E-state index is 11.4. The fourth-order valence-corrected chi connectivity index (χ4v) is 1.82. The summed E-state index contributed by atoms with van der Waals surface area (Å²) in [6, 6.07) is 6.74. The molecule has 1 aliphatic heterocycles. The van der Waals surface area contributed by atoms with Crippen LogP contribution in [0.4, 0.5) is 0 Å². The van der Waals surface area contributed by atoms with Crippen molar-refractivity contribution in [3.05, 3.63) is 41.2 Å². The quantitative estimate of drug-likeness (QED) is 0.824. The fraction of sp³-hybridized carbons (Fsp3) is 0.231. The number of Topliss-reactive ketones (excluding diaryl/α,β-unsaturated/α-hetero) is 1. The van der Waals surface area contributed by atoms with E-state index in [0.29, 0.717) is 11.3 Å². The number of esters is 1. The van der Waals surface area contributed by atoms with E-state index in [1.54, 1.807) is 24.3 Å². The second kappa shape index (κ2) is 4.52. The highest BCUT2D eigenvalue weighted by Crippen LogP contribution is 2.35. The number of hydrogen-bond acceptors (Lipinski definition) is 5. The predicted molar refractivity (Wildman–Crippen MR) is 62.2 cm³/mol. The van der Waals surface area contributed by atoms with Crippen molar-refractivity contribution in [1.82, 2.24) is 0 Å². The van der Waals surface area contributed by atoms with Crippen LogP contribution in [0.15, 0.2) is 35.6 Å². The summed E-state index contributed by atoms with van der Waals surface area (Å²) in [5, 5.41) is 9.52. The van der Waals surface area contributed by atoms with E-state index in [9.17, 15) is 14.7 Å². The van der Waals surface area contributed by atoms with E-state index in [1.165, 1.54) is 14.0 Å². The molecular weight excluding hydrogens is 236 g/mol. The number of rotatable bonds is 3. The van der Waals surface area contributed by atoms with Crippen molar-refractivity contribution in [3.8, 4) is 5.75 Å². The molecule has 0 aromatic heterocycles. The Hall–Kier alpha value is -2.30. The molecule has 0 aliphatic carbocycles. The SMILES string of the molecule is COc1ccc(C2OC(=O)C(O)=C2C(C)=O)cc1. The van der Waals surface area contributed by atoms with E-state index in [0.717, 1.165) is 0 Å². The Morgan fingerprint density at radius 3 is 2.44 bits per heavy atom. The lowest BCUT2D eigenvalue weighted by Gasteiger charge is -2.12. The molecule has 0 radical (unpaired) electrons. The Bertz CT molecular complexity index is 527. The maximum atomic E-state index is 11.4.